The van der Waals surface area contributed by atoms with Gasteiger partial charge in [-0.2, -0.15) is 0 Å². The van der Waals surface area contributed by atoms with Crippen molar-refractivity contribution in [1.29, 1.82) is 0 Å². The van der Waals surface area contributed by atoms with Crippen molar-refractivity contribution in [3.05, 3.63) is 46.5 Å². The van der Waals surface area contributed by atoms with Crippen LogP contribution in [0.2, 0.25) is 0 Å². The highest BCUT2D eigenvalue weighted by atomic mass is 16.3. The molecule has 0 atom stereocenters. The molecule has 0 spiro atoms. The summed E-state index contributed by atoms with van der Waals surface area (Å²) in [5.74, 6) is -1.39. The topological polar surface area (TPSA) is 115 Å². The van der Waals surface area contributed by atoms with Crippen molar-refractivity contribution in [3.63, 3.8) is 0 Å². The normalized spacial score (nSPS) is 10.6. The smallest absolute Gasteiger partial charge is 0.166 e. The number of carbonyl (C=O) groups excluding carboxylic acids is 2. The zero-order valence-corrected chi connectivity index (χ0v) is 14.0. The van der Waals surface area contributed by atoms with Crippen LogP contribution in [0, 0.1) is 13.8 Å². The van der Waals surface area contributed by atoms with E-state index in [0.717, 1.165) is 0 Å². The molecule has 0 bridgehead atoms. The number of Topliss-reactive ketones (excluding diaryl/α,β-unsaturated/α-hetero) is 2. The molecule has 0 heterocycles. The summed E-state index contributed by atoms with van der Waals surface area (Å²) >= 11 is 0. The van der Waals surface area contributed by atoms with Crippen molar-refractivity contribution in [2.45, 2.75) is 33.1 Å². The molecule has 25 heavy (non-hydrogen) atoms. The second-order valence-electron chi connectivity index (χ2n) is 6.01. The Bertz CT molecular complexity index is 769. The third-order valence-electron chi connectivity index (χ3n) is 4.04. The molecule has 6 nitrogen and oxygen atoms in total. The van der Waals surface area contributed by atoms with Gasteiger partial charge in [0.25, 0.3) is 0 Å². The van der Waals surface area contributed by atoms with Crippen LogP contribution in [0.5, 0.6) is 23.0 Å². The van der Waals surface area contributed by atoms with E-state index >= 15 is 0 Å². The zero-order valence-electron chi connectivity index (χ0n) is 14.0. The monoisotopic (exact) mass is 344 g/mol. The highest BCUT2D eigenvalue weighted by Crippen LogP contribution is 2.29. The molecule has 0 saturated heterocycles. The first-order valence-corrected chi connectivity index (χ1v) is 7.82. The fourth-order valence-corrected chi connectivity index (χ4v) is 2.49. The average molecular weight is 344 g/mol. The number of carbonyl (C=O) groups is 2. The third kappa shape index (κ3) is 4.09. The molecule has 2 rings (SSSR count). The maximum absolute atomic E-state index is 12.1. The summed E-state index contributed by atoms with van der Waals surface area (Å²) < 4.78 is 0. The minimum atomic E-state index is -0.392. The fourth-order valence-electron chi connectivity index (χ4n) is 2.49. The first kappa shape index (κ1) is 18.3. The maximum Gasteiger partial charge on any atom is 0.166 e. The molecule has 132 valence electrons. The molecule has 0 radical (unpaired) electrons. The van der Waals surface area contributed by atoms with Crippen LogP contribution in [0.1, 0.15) is 51.1 Å². The van der Waals surface area contributed by atoms with Gasteiger partial charge in [0, 0.05) is 12.8 Å². The lowest BCUT2D eigenvalue weighted by atomic mass is 9.98. The predicted molar refractivity (Wildman–Crippen MR) is 91.5 cm³/mol. The number of benzene rings is 2. The van der Waals surface area contributed by atoms with E-state index in [9.17, 15) is 30.0 Å². The van der Waals surface area contributed by atoms with Crippen LogP contribution in [0.4, 0.5) is 0 Å². The molecule has 0 unspecified atom stereocenters. The second-order valence-corrected chi connectivity index (χ2v) is 6.01. The number of hydrogen-bond donors (Lipinski definition) is 4. The van der Waals surface area contributed by atoms with Gasteiger partial charge in [0.1, 0.15) is 23.0 Å². The molecule has 0 aliphatic rings. The Morgan fingerprint density at radius 2 is 1.04 bits per heavy atom. The van der Waals surface area contributed by atoms with Crippen molar-refractivity contribution in [2.24, 2.45) is 0 Å². The van der Waals surface area contributed by atoms with Crippen LogP contribution in [-0.2, 0) is 0 Å². The lowest BCUT2D eigenvalue weighted by molar-refractivity contribution is 0.0954. The Hall–Kier alpha value is -3.02. The molecule has 0 aliphatic heterocycles. The van der Waals surface area contributed by atoms with E-state index in [4.69, 9.17) is 0 Å². The van der Waals surface area contributed by atoms with Gasteiger partial charge in [-0.05, 0) is 55.7 Å². The van der Waals surface area contributed by atoms with Crippen molar-refractivity contribution >= 4 is 11.6 Å². The first-order chi connectivity index (χ1) is 11.7. The number of aryl methyl sites for hydroxylation is 2. The number of hydrogen-bond acceptors (Lipinski definition) is 6. The summed E-state index contributed by atoms with van der Waals surface area (Å²) in [5, 5.41) is 38.9. The fraction of sp³-hybridized carbons (Fsp3) is 0.263. The number of phenols is 4. The molecular formula is C19H20O6. The summed E-state index contributed by atoms with van der Waals surface area (Å²) in [4.78, 5) is 24.3. The van der Waals surface area contributed by atoms with Gasteiger partial charge in [0.15, 0.2) is 11.6 Å². The number of ketones is 2. The molecule has 0 saturated carbocycles. The molecule has 2 aromatic rings. The van der Waals surface area contributed by atoms with E-state index in [2.05, 4.69) is 0 Å². The van der Waals surface area contributed by atoms with Gasteiger partial charge in [0.05, 0.1) is 11.1 Å². The Morgan fingerprint density at radius 1 is 0.680 bits per heavy atom. The molecule has 0 fully saturated rings. The van der Waals surface area contributed by atoms with E-state index in [0.29, 0.717) is 11.1 Å². The average Bonchev–Trinajstić information content (AvgIpc) is 2.54. The predicted octanol–water partition coefficient (Wildman–Crippen LogP) is 3.36. The van der Waals surface area contributed by atoms with E-state index in [1.165, 1.54) is 24.3 Å². The number of aromatic hydroxyl groups is 4. The van der Waals surface area contributed by atoms with Crippen LogP contribution in [-0.4, -0.2) is 32.0 Å². The van der Waals surface area contributed by atoms with Crippen LogP contribution in [0.25, 0.3) is 0 Å². The Labute approximate surface area is 145 Å². The van der Waals surface area contributed by atoms with E-state index in [1.54, 1.807) is 13.8 Å². The van der Waals surface area contributed by atoms with Gasteiger partial charge in [-0.3, -0.25) is 9.59 Å². The van der Waals surface area contributed by atoms with Crippen LogP contribution in [0.3, 0.4) is 0 Å². The third-order valence-corrected chi connectivity index (χ3v) is 4.04. The quantitative estimate of drug-likeness (QED) is 0.472. The lowest BCUT2D eigenvalue weighted by Gasteiger charge is -2.08. The minimum absolute atomic E-state index is 0.000403. The molecule has 4 N–H and O–H groups in total. The van der Waals surface area contributed by atoms with Crippen LogP contribution >= 0.6 is 0 Å². The summed E-state index contributed by atoms with van der Waals surface area (Å²) in [7, 11) is 0. The molecule has 0 aromatic heterocycles. The highest BCUT2D eigenvalue weighted by Gasteiger charge is 2.17. The van der Waals surface area contributed by atoms with Crippen LogP contribution < -0.4 is 0 Å². The Balaban J connectivity index is 2.01. The highest BCUT2D eigenvalue weighted by molar-refractivity contribution is 6.01. The van der Waals surface area contributed by atoms with Crippen molar-refractivity contribution in [2.75, 3.05) is 0 Å². The van der Waals surface area contributed by atoms with Gasteiger partial charge in [-0.25, -0.2) is 0 Å². The minimum Gasteiger partial charge on any atom is -0.508 e. The molecule has 0 amide bonds. The number of rotatable bonds is 6. The van der Waals surface area contributed by atoms with E-state index in [1.807, 2.05) is 0 Å². The second kappa shape index (κ2) is 7.25. The Morgan fingerprint density at radius 3 is 1.40 bits per heavy atom. The van der Waals surface area contributed by atoms with Gasteiger partial charge < -0.3 is 20.4 Å². The van der Waals surface area contributed by atoms with Gasteiger partial charge in [-0.1, -0.05) is 0 Å². The molecule has 6 heteroatoms. The van der Waals surface area contributed by atoms with Crippen molar-refractivity contribution in [3.8, 4) is 23.0 Å². The standard InChI is InChI=1S/C19H20O6/c1-10-6-18(24)12(8-16(10)22)14(20)4-3-5-15(21)13-9-17(23)11(2)7-19(13)25/h6-9,22-25H,3-5H2,1-2H3. The number of phenolic OH excluding ortho intramolecular Hbond substituents is 4. The molecule has 0 aliphatic carbocycles. The van der Waals surface area contributed by atoms with Gasteiger partial charge in [0.2, 0.25) is 0 Å². The van der Waals surface area contributed by atoms with Gasteiger partial charge in [-0.15, -0.1) is 0 Å². The molecular weight excluding hydrogens is 324 g/mol. The van der Waals surface area contributed by atoms with Crippen LogP contribution in [0.15, 0.2) is 24.3 Å². The first-order valence-electron chi connectivity index (χ1n) is 7.82. The van der Waals surface area contributed by atoms with Crippen molar-refractivity contribution < 1.29 is 30.0 Å². The summed E-state index contributed by atoms with van der Waals surface area (Å²) in [6, 6.07) is 5.03. The Kier molecular flexibility index (Phi) is 5.32. The largest absolute Gasteiger partial charge is 0.508 e. The van der Waals surface area contributed by atoms with E-state index < -0.39 is 11.6 Å². The van der Waals surface area contributed by atoms with Gasteiger partial charge >= 0.3 is 0 Å². The van der Waals surface area contributed by atoms with Crippen molar-refractivity contribution in [1.82, 2.24) is 0 Å². The van der Waals surface area contributed by atoms with E-state index in [-0.39, 0.29) is 53.4 Å². The summed E-state index contributed by atoms with van der Waals surface area (Å²) in [5.41, 5.74) is 0.926. The summed E-state index contributed by atoms with van der Waals surface area (Å²) in [6.07, 6.45) is 0.209. The maximum atomic E-state index is 12.1. The summed E-state index contributed by atoms with van der Waals surface area (Å²) in [6.45, 7) is 3.21. The zero-order chi connectivity index (χ0) is 18.7. The SMILES string of the molecule is Cc1cc(O)c(C(=O)CCCC(=O)c2cc(O)c(C)cc2O)cc1O. The lowest BCUT2D eigenvalue weighted by Crippen LogP contribution is -2.04. The molecule has 2 aromatic carbocycles.